The molecule has 1 aromatic carbocycles. The van der Waals surface area contributed by atoms with Crippen LogP contribution in [0.5, 0.6) is 0 Å². The lowest BCUT2D eigenvalue weighted by atomic mass is 10.0. The summed E-state index contributed by atoms with van der Waals surface area (Å²) in [5.74, 6) is 1.10. The molecule has 0 aliphatic heterocycles. The minimum atomic E-state index is 0.171. The van der Waals surface area contributed by atoms with Crippen LogP contribution >= 0.6 is 0 Å². The average molecular weight is 271 g/mol. The van der Waals surface area contributed by atoms with Crippen molar-refractivity contribution in [1.82, 2.24) is 14.9 Å². The Morgan fingerprint density at radius 3 is 2.65 bits per heavy atom. The molecule has 2 rings (SSSR count). The molecular weight excluding hydrogens is 246 g/mol. The smallest absolute Gasteiger partial charge is 0.130 e. The van der Waals surface area contributed by atoms with Crippen molar-refractivity contribution in [1.29, 1.82) is 0 Å². The minimum absolute atomic E-state index is 0.171. The van der Waals surface area contributed by atoms with Gasteiger partial charge in [0.05, 0.1) is 6.04 Å². The fourth-order valence-corrected chi connectivity index (χ4v) is 2.44. The molecule has 0 saturated carbocycles. The Balaban J connectivity index is 2.38. The predicted octanol–water partition coefficient (Wildman–Crippen LogP) is 3.61. The minimum Gasteiger partial charge on any atom is -0.334 e. The maximum absolute atomic E-state index is 4.57. The highest BCUT2D eigenvalue weighted by molar-refractivity contribution is 5.34. The van der Waals surface area contributed by atoms with Crippen LogP contribution in [-0.2, 0) is 6.54 Å². The van der Waals surface area contributed by atoms with E-state index in [9.17, 15) is 0 Å². The van der Waals surface area contributed by atoms with Crippen molar-refractivity contribution in [2.75, 3.05) is 6.54 Å². The van der Waals surface area contributed by atoms with Gasteiger partial charge in [0, 0.05) is 18.9 Å². The van der Waals surface area contributed by atoms with Gasteiger partial charge in [-0.05, 0) is 50.4 Å². The van der Waals surface area contributed by atoms with Crippen LogP contribution in [-0.4, -0.2) is 16.1 Å². The number of hydrogen-bond donors (Lipinski definition) is 1. The van der Waals surface area contributed by atoms with Crippen molar-refractivity contribution in [3.05, 3.63) is 53.1 Å². The highest BCUT2D eigenvalue weighted by atomic mass is 15.1. The van der Waals surface area contributed by atoms with Crippen LogP contribution in [0.2, 0.25) is 0 Å². The molecular formula is C17H25N3. The SMILES string of the molecule is CCCNC(c1ccc(C)c(C)c1)c1nccn1CC. The van der Waals surface area contributed by atoms with Gasteiger partial charge in [0.1, 0.15) is 5.82 Å². The molecule has 1 heterocycles. The molecule has 1 aromatic heterocycles. The van der Waals surface area contributed by atoms with Crippen molar-refractivity contribution in [2.45, 2.75) is 46.7 Å². The van der Waals surface area contributed by atoms with Gasteiger partial charge in [0.15, 0.2) is 0 Å². The highest BCUT2D eigenvalue weighted by Crippen LogP contribution is 2.23. The van der Waals surface area contributed by atoms with Crippen LogP contribution in [0.4, 0.5) is 0 Å². The Labute approximate surface area is 122 Å². The summed E-state index contributed by atoms with van der Waals surface area (Å²) in [7, 11) is 0. The fourth-order valence-electron chi connectivity index (χ4n) is 2.44. The van der Waals surface area contributed by atoms with Gasteiger partial charge in [0.25, 0.3) is 0 Å². The van der Waals surface area contributed by atoms with Crippen molar-refractivity contribution in [2.24, 2.45) is 0 Å². The second-order valence-electron chi connectivity index (χ2n) is 5.30. The summed E-state index contributed by atoms with van der Waals surface area (Å²) in [6.07, 6.45) is 5.06. The highest BCUT2D eigenvalue weighted by Gasteiger charge is 2.18. The van der Waals surface area contributed by atoms with Gasteiger partial charge in [0.2, 0.25) is 0 Å². The zero-order chi connectivity index (χ0) is 14.5. The average Bonchev–Trinajstić information content (AvgIpc) is 2.91. The zero-order valence-electron chi connectivity index (χ0n) is 13.0. The lowest BCUT2D eigenvalue weighted by Crippen LogP contribution is -2.26. The van der Waals surface area contributed by atoms with Crippen LogP contribution in [0.25, 0.3) is 0 Å². The van der Waals surface area contributed by atoms with Crippen LogP contribution in [0, 0.1) is 13.8 Å². The summed E-state index contributed by atoms with van der Waals surface area (Å²) in [6, 6.07) is 6.86. The van der Waals surface area contributed by atoms with Crippen molar-refractivity contribution < 1.29 is 0 Å². The fraction of sp³-hybridized carbons (Fsp3) is 0.471. The third-order valence-corrected chi connectivity index (χ3v) is 3.81. The number of rotatable bonds is 6. The van der Waals surface area contributed by atoms with Gasteiger partial charge >= 0.3 is 0 Å². The summed E-state index contributed by atoms with van der Waals surface area (Å²) < 4.78 is 2.21. The van der Waals surface area contributed by atoms with Gasteiger partial charge in [-0.3, -0.25) is 0 Å². The first-order valence-corrected chi connectivity index (χ1v) is 7.48. The lowest BCUT2D eigenvalue weighted by molar-refractivity contribution is 0.541. The van der Waals surface area contributed by atoms with E-state index in [1.165, 1.54) is 16.7 Å². The maximum Gasteiger partial charge on any atom is 0.130 e. The van der Waals surface area contributed by atoms with E-state index in [1.54, 1.807) is 0 Å². The molecule has 1 N–H and O–H groups in total. The predicted molar refractivity (Wildman–Crippen MR) is 84.0 cm³/mol. The number of hydrogen-bond acceptors (Lipinski definition) is 2. The Bertz CT molecular complexity index is 557. The monoisotopic (exact) mass is 271 g/mol. The van der Waals surface area contributed by atoms with Crippen molar-refractivity contribution >= 4 is 0 Å². The third kappa shape index (κ3) is 3.10. The van der Waals surface area contributed by atoms with E-state index in [-0.39, 0.29) is 6.04 Å². The topological polar surface area (TPSA) is 29.9 Å². The molecule has 0 fully saturated rings. The van der Waals surface area contributed by atoms with Crippen LogP contribution in [0.1, 0.15) is 48.8 Å². The van der Waals surface area contributed by atoms with E-state index in [0.717, 1.165) is 25.3 Å². The number of aryl methyl sites for hydroxylation is 3. The third-order valence-electron chi connectivity index (χ3n) is 3.81. The van der Waals surface area contributed by atoms with E-state index in [1.807, 2.05) is 6.20 Å². The molecule has 3 nitrogen and oxygen atoms in total. The summed E-state index contributed by atoms with van der Waals surface area (Å²) in [4.78, 5) is 4.57. The molecule has 0 aliphatic rings. The van der Waals surface area contributed by atoms with Crippen molar-refractivity contribution in [3.8, 4) is 0 Å². The number of nitrogens with zero attached hydrogens (tertiary/aromatic N) is 2. The van der Waals surface area contributed by atoms with Gasteiger partial charge in [-0.2, -0.15) is 0 Å². The molecule has 0 aliphatic carbocycles. The first kappa shape index (κ1) is 14.8. The molecule has 108 valence electrons. The Kier molecular flexibility index (Phi) is 4.96. The van der Waals surface area contributed by atoms with Gasteiger partial charge in [-0.1, -0.05) is 25.1 Å². The first-order chi connectivity index (χ1) is 9.67. The molecule has 0 bridgehead atoms. The Hall–Kier alpha value is -1.61. The molecule has 0 amide bonds. The lowest BCUT2D eigenvalue weighted by Gasteiger charge is -2.20. The number of aromatic nitrogens is 2. The molecule has 0 spiro atoms. The second-order valence-corrected chi connectivity index (χ2v) is 5.30. The summed E-state index contributed by atoms with van der Waals surface area (Å²) >= 11 is 0. The number of nitrogens with one attached hydrogen (secondary N) is 1. The Morgan fingerprint density at radius 1 is 1.20 bits per heavy atom. The van der Waals surface area contributed by atoms with E-state index in [0.29, 0.717) is 0 Å². The summed E-state index contributed by atoms with van der Waals surface area (Å²) in [5, 5.41) is 3.63. The first-order valence-electron chi connectivity index (χ1n) is 7.48. The zero-order valence-corrected chi connectivity index (χ0v) is 13.0. The van der Waals surface area contributed by atoms with Crippen LogP contribution < -0.4 is 5.32 Å². The molecule has 2 aromatic rings. The summed E-state index contributed by atoms with van der Waals surface area (Å²) in [6.45, 7) is 10.6. The normalized spacial score (nSPS) is 12.6. The number of imidazole rings is 1. The van der Waals surface area contributed by atoms with E-state index >= 15 is 0 Å². The maximum atomic E-state index is 4.57. The summed E-state index contributed by atoms with van der Waals surface area (Å²) in [5.41, 5.74) is 3.96. The molecule has 0 saturated heterocycles. The molecule has 0 radical (unpaired) electrons. The van der Waals surface area contributed by atoms with E-state index < -0.39 is 0 Å². The molecule has 20 heavy (non-hydrogen) atoms. The standard InChI is InChI=1S/C17H25N3/c1-5-9-18-16(17-19-10-11-20(17)6-2)15-8-7-13(3)14(4)12-15/h7-8,10-12,16,18H,5-6,9H2,1-4H3. The van der Waals surface area contributed by atoms with Gasteiger partial charge < -0.3 is 9.88 Å². The Morgan fingerprint density at radius 2 is 2.00 bits per heavy atom. The molecule has 1 atom stereocenters. The van der Waals surface area contributed by atoms with Crippen LogP contribution in [0.3, 0.4) is 0 Å². The van der Waals surface area contributed by atoms with E-state index in [2.05, 4.69) is 67.0 Å². The molecule has 3 heteroatoms. The number of benzene rings is 1. The van der Waals surface area contributed by atoms with Crippen molar-refractivity contribution in [3.63, 3.8) is 0 Å². The quantitative estimate of drug-likeness (QED) is 0.870. The van der Waals surface area contributed by atoms with Gasteiger partial charge in [-0.15, -0.1) is 0 Å². The molecule has 1 unspecified atom stereocenters. The van der Waals surface area contributed by atoms with Crippen LogP contribution in [0.15, 0.2) is 30.6 Å². The second kappa shape index (κ2) is 6.71. The largest absolute Gasteiger partial charge is 0.334 e. The van der Waals surface area contributed by atoms with E-state index in [4.69, 9.17) is 0 Å². The van der Waals surface area contributed by atoms with Gasteiger partial charge in [-0.25, -0.2) is 4.98 Å².